The van der Waals surface area contributed by atoms with Crippen molar-refractivity contribution in [1.82, 2.24) is 10.2 Å². The van der Waals surface area contributed by atoms with Gasteiger partial charge in [-0.2, -0.15) is 0 Å². The van der Waals surface area contributed by atoms with E-state index in [2.05, 4.69) is 17.4 Å². The molecule has 29 heavy (non-hydrogen) atoms. The van der Waals surface area contributed by atoms with Crippen molar-refractivity contribution in [3.63, 3.8) is 0 Å². The van der Waals surface area contributed by atoms with Crippen LogP contribution in [0.25, 0.3) is 0 Å². The van der Waals surface area contributed by atoms with Gasteiger partial charge < -0.3 is 10.2 Å². The monoisotopic (exact) mass is 390 g/mol. The summed E-state index contributed by atoms with van der Waals surface area (Å²) in [4.78, 5) is 28.6. The number of likely N-dealkylation sites (tertiary alicyclic amines) is 1. The lowest BCUT2D eigenvalue weighted by molar-refractivity contribution is -0.162. The van der Waals surface area contributed by atoms with Gasteiger partial charge in [-0.15, -0.1) is 0 Å². The summed E-state index contributed by atoms with van der Waals surface area (Å²) < 4.78 is 0. The van der Waals surface area contributed by atoms with Crippen LogP contribution in [0.15, 0.2) is 54.6 Å². The molecular formula is C25H30N2O2. The Morgan fingerprint density at radius 3 is 2.21 bits per heavy atom. The van der Waals surface area contributed by atoms with E-state index in [4.69, 9.17) is 0 Å². The second-order valence-corrected chi connectivity index (χ2v) is 8.80. The summed E-state index contributed by atoms with van der Waals surface area (Å²) in [7, 11) is 0. The van der Waals surface area contributed by atoms with Crippen molar-refractivity contribution in [2.45, 2.75) is 63.5 Å². The highest BCUT2D eigenvalue weighted by atomic mass is 16.2. The topological polar surface area (TPSA) is 49.4 Å². The van der Waals surface area contributed by atoms with E-state index in [1.165, 1.54) is 5.56 Å². The van der Waals surface area contributed by atoms with Crippen LogP contribution < -0.4 is 5.32 Å². The van der Waals surface area contributed by atoms with Gasteiger partial charge in [0.05, 0.1) is 5.41 Å². The van der Waals surface area contributed by atoms with Crippen molar-refractivity contribution in [2.24, 2.45) is 0 Å². The number of benzene rings is 2. The average Bonchev–Trinajstić information content (AvgIpc) is 3.23. The van der Waals surface area contributed by atoms with Crippen LogP contribution in [0.3, 0.4) is 0 Å². The third kappa shape index (κ3) is 3.45. The molecule has 0 bridgehead atoms. The first kappa shape index (κ1) is 19.7. The summed E-state index contributed by atoms with van der Waals surface area (Å²) >= 11 is 0. The molecule has 1 saturated carbocycles. The molecule has 1 saturated heterocycles. The van der Waals surface area contributed by atoms with Crippen molar-refractivity contribution in [1.29, 1.82) is 0 Å². The summed E-state index contributed by atoms with van der Waals surface area (Å²) in [5, 5.41) is 3.06. The maximum Gasteiger partial charge on any atom is 0.246 e. The maximum atomic E-state index is 13.7. The van der Waals surface area contributed by atoms with Crippen LogP contribution in [-0.4, -0.2) is 28.8 Å². The Morgan fingerprint density at radius 1 is 0.966 bits per heavy atom. The smallest absolute Gasteiger partial charge is 0.246 e. The molecule has 4 heteroatoms. The molecule has 1 aliphatic heterocycles. The highest BCUT2D eigenvalue weighted by Crippen LogP contribution is 2.45. The highest BCUT2D eigenvalue weighted by Gasteiger charge is 2.55. The average molecular weight is 391 g/mol. The molecule has 1 N–H and O–H groups in total. The zero-order chi connectivity index (χ0) is 20.5. The number of hydrogen-bond acceptors (Lipinski definition) is 2. The van der Waals surface area contributed by atoms with Crippen LogP contribution in [0.1, 0.15) is 55.7 Å². The van der Waals surface area contributed by atoms with E-state index in [1.54, 1.807) is 0 Å². The molecule has 1 heterocycles. The number of amides is 2. The third-order valence-corrected chi connectivity index (χ3v) is 6.92. The zero-order valence-corrected chi connectivity index (χ0v) is 17.4. The van der Waals surface area contributed by atoms with Gasteiger partial charge in [0.2, 0.25) is 11.8 Å². The number of nitrogens with zero attached hydrogens (tertiary/aromatic N) is 1. The number of aryl methyl sites for hydroxylation is 1. The first-order chi connectivity index (χ1) is 14.0. The zero-order valence-electron chi connectivity index (χ0n) is 17.4. The van der Waals surface area contributed by atoms with Crippen LogP contribution in [-0.2, 0) is 21.5 Å². The van der Waals surface area contributed by atoms with Gasteiger partial charge >= 0.3 is 0 Å². The molecule has 2 aromatic carbocycles. The molecule has 1 unspecified atom stereocenters. The quantitative estimate of drug-likeness (QED) is 0.835. The molecule has 1 aliphatic carbocycles. The van der Waals surface area contributed by atoms with Gasteiger partial charge in [-0.1, -0.05) is 73.0 Å². The summed E-state index contributed by atoms with van der Waals surface area (Å²) in [5.74, 6) is 0.0688. The summed E-state index contributed by atoms with van der Waals surface area (Å²) in [6, 6.07) is 18.3. The lowest BCUT2D eigenvalue weighted by atomic mass is 9.74. The number of rotatable bonds is 5. The molecule has 152 valence electrons. The van der Waals surface area contributed by atoms with E-state index in [9.17, 15) is 9.59 Å². The minimum Gasteiger partial charge on any atom is -0.350 e. The second kappa shape index (κ2) is 7.66. The standard InChI is InChI=1S/C25H30N2O2/c1-19-10-12-20(13-11-19)18-26-22(28)24(2)16-17-27(24)23(29)25(14-6-7-15-25)21-8-4-3-5-9-21/h3-5,8-13H,6-7,14-18H2,1-2H3,(H,26,28). The molecule has 2 aliphatic rings. The number of nitrogens with one attached hydrogen (secondary N) is 1. The Labute approximate surface area is 173 Å². The Hall–Kier alpha value is -2.62. The molecule has 4 nitrogen and oxygen atoms in total. The Morgan fingerprint density at radius 2 is 1.62 bits per heavy atom. The van der Waals surface area contributed by atoms with Gasteiger partial charge in [0.15, 0.2) is 0 Å². The number of carbonyl (C=O) groups excluding carboxylic acids is 2. The van der Waals surface area contributed by atoms with E-state index < -0.39 is 11.0 Å². The molecule has 4 rings (SSSR count). The van der Waals surface area contributed by atoms with Gasteiger partial charge in [-0.05, 0) is 44.2 Å². The fraction of sp³-hybridized carbons (Fsp3) is 0.440. The molecule has 0 radical (unpaired) electrons. The van der Waals surface area contributed by atoms with Gasteiger partial charge in [0.25, 0.3) is 0 Å². The third-order valence-electron chi connectivity index (χ3n) is 6.92. The van der Waals surface area contributed by atoms with E-state index >= 15 is 0 Å². The second-order valence-electron chi connectivity index (χ2n) is 8.80. The number of hydrogen-bond donors (Lipinski definition) is 1. The lowest BCUT2D eigenvalue weighted by Gasteiger charge is -2.52. The largest absolute Gasteiger partial charge is 0.350 e. The van der Waals surface area contributed by atoms with Crippen LogP contribution in [0.2, 0.25) is 0 Å². The predicted octanol–water partition coefficient (Wildman–Crippen LogP) is 4.11. The van der Waals surface area contributed by atoms with Crippen molar-refractivity contribution < 1.29 is 9.59 Å². The molecule has 2 aromatic rings. The minimum absolute atomic E-state index is 0.0566. The normalized spacial score (nSPS) is 22.8. The minimum atomic E-state index is -0.758. The van der Waals surface area contributed by atoms with Crippen molar-refractivity contribution >= 4 is 11.8 Å². The molecule has 2 fully saturated rings. The molecule has 2 amide bonds. The molecule has 0 spiro atoms. The van der Waals surface area contributed by atoms with Crippen LogP contribution in [0, 0.1) is 6.92 Å². The van der Waals surface area contributed by atoms with Crippen LogP contribution in [0.5, 0.6) is 0 Å². The van der Waals surface area contributed by atoms with E-state index in [-0.39, 0.29) is 11.8 Å². The summed E-state index contributed by atoms with van der Waals surface area (Å²) in [6.07, 6.45) is 4.57. The van der Waals surface area contributed by atoms with Crippen molar-refractivity contribution in [3.8, 4) is 0 Å². The van der Waals surface area contributed by atoms with E-state index in [1.807, 2.05) is 61.2 Å². The molecule has 1 atom stereocenters. The predicted molar refractivity (Wildman–Crippen MR) is 114 cm³/mol. The van der Waals surface area contributed by atoms with Gasteiger partial charge in [-0.3, -0.25) is 9.59 Å². The van der Waals surface area contributed by atoms with Gasteiger partial charge in [-0.25, -0.2) is 0 Å². The highest BCUT2D eigenvalue weighted by molar-refractivity contribution is 5.97. The van der Waals surface area contributed by atoms with E-state index in [0.717, 1.165) is 36.8 Å². The fourth-order valence-electron chi connectivity index (χ4n) is 4.82. The molecular weight excluding hydrogens is 360 g/mol. The SMILES string of the molecule is Cc1ccc(CNC(=O)C2(C)CCN2C(=O)C2(c3ccccc3)CCCC2)cc1. The van der Waals surface area contributed by atoms with Gasteiger partial charge in [0, 0.05) is 13.1 Å². The lowest BCUT2D eigenvalue weighted by Crippen LogP contribution is -2.69. The van der Waals surface area contributed by atoms with Crippen LogP contribution in [0.4, 0.5) is 0 Å². The van der Waals surface area contributed by atoms with Crippen molar-refractivity contribution in [2.75, 3.05) is 6.54 Å². The first-order valence-corrected chi connectivity index (χ1v) is 10.7. The van der Waals surface area contributed by atoms with Gasteiger partial charge in [0.1, 0.15) is 5.54 Å². The van der Waals surface area contributed by atoms with Crippen molar-refractivity contribution in [3.05, 3.63) is 71.3 Å². The molecule has 0 aromatic heterocycles. The maximum absolute atomic E-state index is 13.7. The summed E-state index contributed by atoms with van der Waals surface area (Å²) in [6.45, 7) is 5.10. The Bertz CT molecular complexity index is 885. The van der Waals surface area contributed by atoms with Crippen LogP contribution >= 0.6 is 0 Å². The fourth-order valence-corrected chi connectivity index (χ4v) is 4.82. The number of carbonyl (C=O) groups is 2. The Balaban J connectivity index is 1.50. The first-order valence-electron chi connectivity index (χ1n) is 10.7. The van der Waals surface area contributed by atoms with E-state index in [0.29, 0.717) is 19.5 Å². The Kier molecular flexibility index (Phi) is 5.20. The summed E-state index contributed by atoms with van der Waals surface area (Å²) in [5.41, 5.74) is 2.13.